The molecule has 0 saturated heterocycles. The van der Waals surface area contributed by atoms with Crippen molar-refractivity contribution >= 4 is 29.1 Å². The van der Waals surface area contributed by atoms with Crippen LogP contribution in [-0.4, -0.2) is 11.9 Å². The molecule has 0 aromatic heterocycles. The van der Waals surface area contributed by atoms with Crippen LogP contribution in [0.2, 0.25) is 10.0 Å². The second-order valence-corrected chi connectivity index (χ2v) is 5.55. The molecule has 0 aliphatic heterocycles. The number of primary amides is 1. The van der Waals surface area contributed by atoms with E-state index in [1.54, 1.807) is 6.92 Å². The third-order valence-electron chi connectivity index (χ3n) is 2.92. The number of nitrogens with two attached hydrogens (primary N) is 1. The quantitative estimate of drug-likeness (QED) is 0.820. The maximum absolute atomic E-state index is 13.5. The fourth-order valence-electron chi connectivity index (χ4n) is 1.90. The first-order valence-corrected chi connectivity index (χ1v) is 6.70. The van der Waals surface area contributed by atoms with Crippen LogP contribution in [0, 0.1) is 11.7 Å². The molecule has 3 nitrogen and oxygen atoms in total. The Morgan fingerprint density at radius 3 is 2.37 bits per heavy atom. The van der Waals surface area contributed by atoms with Crippen molar-refractivity contribution in [3.8, 4) is 0 Å². The number of rotatable bonds is 5. The summed E-state index contributed by atoms with van der Waals surface area (Å²) in [4.78, 5) is 11.4. The largest absolute Gasteiger partial charge is 0.368 e. The third-order valence-corrected chi connectivity index (χ3v) is 3.63. The molecule has 106 valence electrons. The van der Waals surface area contributed by atoms with E-state index < -0.39 is 23.8 Å². The molecule has 0 radical (unpaired) electrons. The molecule has 2 atom stereocenters. The zero-order valence-corrected chi connectivity index (χ0v) is 12.5. The van der Waals surface area contributed by atoms with Gasteiger partial charge in [-0.2, -0.15) is 0 Å². The van der Waals surface area contributed by atoms with Gasteiger partial charge in [0, 0.05) is 16.6 Å². The third kappa shape index (κ3) is 3.81. The van der Waals surface area contributed by atoms with Gasteiger partial charge in [0.25, 0.3) is 0 Å². The van der Waals surface area contributed by atoms with Crippen molar-refractivity contribution in [2.45, 2.75) is 32.9 Å². The molecular formula is C13H17Cl2FN2O. The molecule has 6 heteroatoms. The first-order valence-electron chi connectivity index (χ1n) is 5.94. The lowest BCUT2D eigenvalue weighted by atomic mass is 10.0. The normalized spacial score (nSPS) is 14.5. The summed E-state index contributed by atoms with van der Waals surface area (Å²) in [6.07, 6.45) is 0. The van der Waals surface area contributed by atoms with E-state index in [4.69, 9.17) is 28.9 Å². The molecule has 0 spiro atoms. The maximum Gasteiger partial charge on any atom is 0.234 e. The van der Waals surface area contributed by atoms with E-state index in [0.29, 0.717) is 10.6 Å². The summed E-state index contributed by atoms with van der Waals surface area (Å²) >= 11 is 12.0. The van der Waals surface area contributed by atoms with Gasteiger partial charge >= 0.3 is 0 Å². The molecule has 1 rings (SSSR count). The molecule has 1 aromatic rings. The van der Waals surface area contributed by atoms with Crippen molar-refractivity contribution in [3.05, 3.63) is 33.6 Å². The fourth-order valence-corrected chi connectivity index (χ4v) is 2.59. The summed E-state index contributed by atoms with van der Waals surface area (Å²) < 4.78 is 13.5. The Morgan fingerprint density at radius 1 is 1.32 bits per heavy atom. The first-order chi connectivity index (χ1) is 8.75. The summed E-state index contributed by atoms with van der Waals surface area (Å²) in [5.74, 6) is -1.01. The molecule has 1 amide bonds. The lowest BCUT2D eigenvalue weighted by Crippen LogP contribution is -2.46. The number of nitrogens with one attached hydrogen (secondary N) is 1. The van der Waals surface area contributed by atoms with Crippen LogP contribution in [0.5, 0.6) is 0 Å². The summed E-state index contributed by atoms with van der Waals surface area (Å²) in [6, 6.07) is 1.71. The van der Waals surface area contributed by atoms with E-state index in [1.165, 1.54) is 12.1 Å². The molecule has 0 saturated carbocycles. The van der Waals surface area contributed by atoms with Gasteiger partial charge < -0.3 is 5.73 Å². The van der Waals surface area contributed by atoms with E-state index in [2.05, 4.69) is 5.32 Å². The minimum Gasteiger partial charge on any atom is -0.368 e. The number of hydrogen-bond donors (Lipinski definition) is 2. The first kappa shape index (κ1) is 16.2. The van der Waals surface area contributed by atoms with E-state index in [-0.39, 0.29) is 10.9 Å². The second kappa shape index (κ2) is 6.55. The van der Waals surface area contributed by atoms with Gasteiger partial charge in [0.05, 0.1) is 11.1 Å². The highest BCUT2D eigenvalue weighted by Crippen LogP contribution is 2.32. The number of hydrogen-bond acceptors (Lipinski definition) is 2. The Morgan fingerprint density at radius 2 is 1.89 bits per heavy atom. The Kier molecular flexibility index (Phi) is 5.59. The predicted octanol–water partition coefficient (Wildman–Crippen LogP) is 3.29. The van der Waals surface area contributed by atoms with Crippen molar-refractivity contribution < 1.29 is 9.18 Å². The number of benzene rings is 1. The Balaban J connectivity index is 3.04. The average Bonchev–Trinajstić information content (AvgIpc) is 2.30. The minimum atomic E-state index is -0.546. The van der Waals surface area contributed by atoms with Crippen LogP contribution in [-0.2, 0) is 4.79 Å². The van der Waals surface area contributed by atoms with Gasteiger partial charge in [-0.1, -0.05) is 37.0 Å². The molecule has 3 N–H and O–H groups in total. The molecule has 0 heterocycles. The highest BCUT2D eigenvalue weighted by atomic mass is 35.5. The topological polar surface area (TPSA) is 55.1 Å². The maximum atomic E-state index is 13.5. The second-order valence-electron chi connectivity index (χ2n) is 4.77. The molecule has 0 aliphatic carbocycles. The zero-order valence-electron chi connectivity index (χ0n) is 11.0. The van der Waals surface area contributed by atoms with Gasteiger partial charge in [0.2, 0.25) is 5.91 Å². The van der Waals surface area contributed by atoms with Gasteiger partial charge in [-0.05, 0) is 25.0 Å². The van der Waals surface area contributed by atoms with Gasteiger partial charge in [-0.25, -0.2) is 4.39 Å². The number of amides is 1. The fraction of sp³-hybridized carbons (Fsp3) is 0.462. The highest BCUT2D eigenvalue weighted by Gasteiger charge is 2.24. The lowest BCUT2D eigenvalue weighted by molar-refractivity contribution is -0.121. The standard InChI is InChI=1S/C13H17Cl2FN2O/c1-6(2)12(13(17)19)18-7(3)10-8(14)4-5-9(16)11(10)15/h4-7,12,18H,1-3H3,(H2,17,19). The molecule has 0 aliphatic rings. The SMILES string of the molecule is CC(NC(C(N)=O)C(C)C)c1c(Cl)ccc(F)c1Cl. The molecule has 2 unspecified atom stereocenters. The van der Waals surface area contributed by atoms with Gasteiger partial charge in [0.1, 0.15) is 5.82 Å². The van der Waals surface area contributed by atoms with Crippen LogP contribution >= 0.6 is 23.2 Å². The Bertz CT molecular complexity index is 480. The minimum absolute atomic E-state index is 0.00561. The van der Waals surface area contributed by atoms with Crippen LogP contribution in [0.4, 0.5) is 4.39 Å². The van der Waals surface area contributed by atoms with Crippen LogP contribution in [0.3, 0.4) is 0 Å². The van der Waals surface area contributed by atoms with Crippen LogP contribution in [0.15, 0.2) is 12.1 Å². The summed E-state index contributed by atoms with van der Waals surface area (Å²) in [7, 11) is 0. The number of carbonyl (C=O) groups excluding carboxylic acids is 1. The van der Waals surface area contributed by atoms with E-state index in [1.807, 2.05) is 13.8 Å². The molecule has 19 heavy (non-hydrogen) atoms. The molecule has 0 fully saturated rings. The van der Waals surface area contributed by atoms with E-state index >= 15 is 0 Å². The van der Waals surface area contributed by atoms with Crippen LogP contribution < -0.4 is 11.1 Å². The van der Waals surface area contributed by atoms with Crippen LogP contribution in [0.25, 0.3) is 0 Å². The Hall–Kier alpha value is -0.840. The summed E-state index contributed by atoms with van der Waals surface area (Å²) in [5, 5.41) is 3.33. The zero-order chi connectivity index (χ0) is 14.7. The monoisotopic (exact) mass is 306 g/mol. The summed E-state index contributed by atoms with van der Waals surface area (Å²) in [5.41, 5.74) is 5.75. The number of halogens is 3. The Labute approximate surface area is 122 Å². The molecule has 1 aromatic carbocycles. The van der Waals surface area contributed by atoms with Gasteiger partial charge in [0.15, 0.2) is 0 Å². The van der Waals surface area contributed by atoms with Crippen molar-refractivity contribution in [1.29, 1.82) is 0 Å². The highest BCUT2D eigenvalue weighted by molar-refractivity contribution is 6.36. The van der Waals surface area contributed by atoms with Crippen LogP contribution in [0.1, 0.15) is 32.4 Å². The number of carbonyl (C=O) groups is 1. The van der Waals surface area contributed by atoms with Crippen molar-refractivity contribution in [1.82, 2.24) is 5.32 Å². The van der Waals surface area contributed by atoms with Crippen molar-refractivity contribution in [2.24, 2.45) is 11.7 Å². The van der Waals surface area contributed by atoms with Crippen molar-refractivity contribution in [2.75, 3.05) is 0 Å². The molecule has 0 bridgehead atoms. The van der Waals surface area contributed by atoms with Gasteiger partial charge in [-0.3, -0.25) is 10.1 Å². The lowest BCUT2D eigenvalue weighted by Gasteiger charge is -2.25. The predicted molar refractivity (Wildman–Crippen MR) is 75.8 cm³/mol. The van der Waals surface area contributed by atoms with E-state index in [0.717, 1.165) is 0 Å². The van der Waals surface area contributed by atoms with Crippen molar-refractivity contribution in [3.63, 3.8) is 0 Å². The van der Waals surface area contributed by atoms with Gasteiger partial charge in [-0.15, -0.1) is 0 Å². The van der Waals surface area contributed by atoms with E-state index in [9.17, 15) is 9.18 Å². The molecular weight excluding hydrogens is 290 g/mol. The summed E-state index contributed by atoms with van der Waals surface area (Å²) in [6.45, 7) is 5.48. The average molecular weight is 307 g/mol. The smallest absolute Gasteiger partial charge is 0.234 e.